The Morgan fingerprint density at radius 1 is 1.23 bits per heavy atom. The third-order valence-corrected chi connectivity index (χ3v) is 5.03. The first-order valence-corrected chi connectivity index (χ1v) is 10.6. The minimum atomic E-state index is -0.536. The Morgan fingerprint density at radius 2 is 1.97 bits per heavy atom. The summed E-state index contributed by atoms with van der Waals surface area (Å²) in [5.41, 5.74) is 6.54. The monoisotopic (exact) mass is 437 g/mol. The van der Waals surface area contributed by atoms with Crippen LogP contribution < -0.4 is 30.7 Å². The third kappa shape index (κ3) is 6.33. The average molecular weight is 438 g/mol. The minimum absolute atomic E-state index is 0.0841. The molecule has 0 atom stereocenters. The molecule has 0 unspecified atom stereocenters. The van der Waals surface area contributed by atoms with Crippen molar-refractivity contribution < 1.29 is 9.59 Å². The Bertz CT molecular complexity index is 1270. The zero-order chi connectivity index (χ0) is 22.8. The molecular formula is C22H23N5O3S. The highest BCUT2D eigenvalue weighted by Crippen LogP contribution is 2.15. The van der Waals surface area contributed by atoms with E-state index in [2.05, 4.69) is 27.4 Å². The van der Waals surface area contributed by atoms with Crippen LogP contribution in [0, 0.1) is 11.3 Å². The second-order valence-electron chi connectivity index (χ2n) is 6.17. The SMILES string of the molecule is CCNC(=O)C(=C=c1sc(=C=CNc2cccc(NC(=O)CC)c2)c(=O)n1CC)C#N. The number of rotatable bonds is 7. The van der Waals surface area contributed by atoms with Gasteiger partial charge >= 0.3 is 0 Å². The van der Waals surface area contributed by atoms with Gasteiger partial charge in [-0.15, -0.1) is 0 Å². The molecule has 0 aliphatic carbocycles. The molecule has 0 saturated heterocycles. The van der Waals surface area contributed by atoms with Crippen LogP contribution in [-0.2, 0) is 16.1 Å². The van der Waals surface area contributed by atoms with Gasteiger partial charge in [0.25, 0.3) is 11.5 Å². The second-order valence-corrected chi connectivity index (χ2v) is 7.17. The number of nitrogens with one attached hydrogen (secondary N) is 3. The van der Waals surface area contributed by atoms with Gasteiger partial charge in [0.1, 0.15) is 15.3 Å². The predicted octanol–water partition coefficient (Wildman–Crippen LogP) is 1.25. The van der Waals surface area contributed by atoms with Gasteiger partial charge in [0.2, 0.25) is 5.91 Å². The van der Waals surface area contributed by atoms with E-state index in [4.69, 9.17) is 0 Å². The van der Waals surface area contributed by atoms with Crippen molar-refractivity contribution in [1.82, 2.24) is 9.88 Å². The van der Waals surface area contributed by atoms with E-state index in [9.17, 15) is 19.6 Å². The van der Waals surface area contributed by atoms with Gasteiger partial charge < -0.3 is 16.0 Å². The number of aromatic nitrogens is 1. The Kier molecular flexibility index (Phi) is 8.62. The molecule has 2 aromatic rings. The number of carbonyl (C=O) groups excluding carboxylic acids is 2. The van der Waals surface area contributed by atoms with Gasteiger partial charge in [-0.1, -0.05) is 35.8 Å². The van der Waals surface area contributed by atoms with Gasteiger partial charge in [0, 0.05) is 37.1 Å². The van der Waals surface area contributed by atoms with Crippen LogP contribution in [0.3, 0.4) is 0 Å². The minimum Gasteiger partial charge on any atom is -0.355 e. The van der Waals surface area contributed by atoms with Crippen LogP contribution >= 0.6 is 11.3 Å². The van der Waals surface area contributed by atoms with E-state index in [1.165, 1.54) is 10.8 Å². The molecule has 0 aliphatic rings. The molecule has 1 aromatic heterocycles. The Balaban J connectivity index is 2.46. The molecule has 0 bridgehead atoms. The van der Waals surface area contributed by atoms with Gasteiger partial charge in [-0.2, -0.15) is 5.26 Å². The number of nitriles is 1. The summed E-state index contributed by atoms with van der Waals surface area (Å²) >= 11 is 1.09. The van der Waals surface area contributed by atoms with Crippen LogP contribution in [0.15, 0.2) is 40.8 Å². The molecule has 1 aromatic carbocycles. The fourth-order valence-corrected chi connectivity index (χ4v) is 3.48. The van der Waals surface area contributed by atoms with Crippen LogP contribution in [0.5, 0.6) is 0 Å². The van der Waals surface area contributed by atoms with Crippen molar-refractivity contribution in [2.75, 3.05) is 17.2 Å². The van der Waals surface area contributed by atoms with Crippen LogP contribution in [0.25, 0.3) is 11.5 Å². The quantitative estimate of drug-likeness (QED) is 0.445. The third-order valence-electron chi connectivity index (χ3n) is 4.02. The first-order valence-electron chi connectivity index (χ1n) is 9.73. The molecule has 160 valence electrons. The molecule has 8 nitrogen and oxygen atoms in total. The number of benzene rings is 1. The highest BCUT2D eigenvalue weighted by Gasteiger charge is 2.08. The van der Waals surface area contributed by atoms with Gasteiger partial charge in [0.05, 0.1) is 0 Å². The van der Waals surface area contributed by atoms with Crippen molar-refractivity contribution in [3.63, 3.8) is 0 Å². The van der Waals surface area contributed by atoms with E-state index >= 15 is 0 Å². The second kappa shape index (κ2) is 11.4. The molecular weight excluding hydrogens is 414 g/mol. The normalized spacial score (nSPS) is 9.61. The molecule has 31 heavy (non-hydrogen) atoms. The first-order chi connectivity index (χ1) is 14.9. The number of likely N-dealkylation sites (N-methyl/N-ethyl adjacent to an activating group) is 1. The van der Waals surface area contributed by atoms with Crippen molar-refractivity contribution in [2.45, 2.75) is 33.7 Å². The van der Waals surface area contributed by atoms with Crippen LogP contribution in [0.1, 0.15) is 27.2 Å². The highest BCUT2D eigenvalue weighted by atomic mass is 32.1. The molecule has 9 heteroatoms. The zero-order valence-corrected chi connectivity index (χ0v) is 18.4. The maximum atomic E-state index is 12.6. The van der Waals surface area contributed by atoms with Crippen molar-refractivity contribution in [2.24, 2.45) is 0 Å². The van der Waals surface area contributed by atoms with Gasteiger partial charge in [-0.05, 0) is 32.0 Å². The van der Waals surface area contributed by atoms with Gasteiger partial charge in [-0.3, -0.25) is 19.0 Å². The molecule has 0 saturated carbocycles. The Morgan fingerprint density at radius 3 is 2.61 bits per heavy atom. The number of anilines is 2. The summed E-state index contributed by atoms with van der Waals surface area (Å²) in [5.74, 6) is -0.620. The van der Waals surface area contributed by atoms with E-state index in [0.717, 1.165) is 11.3 Å². The van der Waals surface area contributed by atoms with E-state index < -0.39 is 5.91 Å². The number of carbonyl (C=O) groups is 2. The number of hydrogen-bond donors (Lipinski definition) is 3. The number of thiazole rings is 1. The molecule has 1 heterocycles. The van der Waals surface area contributed by atoms with Crippen LogP contribution in [0.2, 0.25) is 0 Å². The molecule has 2 rings (SSSR count). The molecule has 0 radical (unpaired) electrons. The van der Waals surface area contributed by atoms with Crippen LogP contribution in [-0.4, -0.2) is 22.9 Å². The fraction of sp³-hybridized carbons (Fsp3) is 0.273. The summed E-state index contributed by atoms with van der Waals surface area (Å²) in [6, 6.07) is 8.96. The van der Waals surface area contributed by atoms with Crippen molar-refractivity contribution in [3.05, 3.63) is 55.6 Å². The lowest BCUT2D eigenvalue weighted by molar-refractivity contribution is -0.117. The average Bonchev–Trinajstić information content (AvgIpc) is 3.06. The molecule has 3 N–H and O–H groups in total. The number of hydrogen-bond acceptors (Lipinski definition) is 6. The predicted molar refractivity (Wildman–Crippen MR) is 122 cm³/mol. The van der Waals surface area contributed by atoms with Crippen molar-refractivity contribution in [1.29, 1.82) is 5.26 Å². The van der Waals surface area contributed by atoms with E-state index in [-0.39, 0.29) is 17.0 Å². The lowest BCUT2D eigenvalue weighted by Gasteiger charge is -2.05. The largest absolute Gasteiger partial charge is 0.355 e. The highest BCUT2D eigenvalue weighted by molar-refractivity contribution is 7.07. The molecule has 0 aliphatic heterocycles. The van der Waals surface area contributed by atoms with Gasteiger partial charge in [-0.25, -0.2) is 0 Å². The summed E-state index contributed by atoms with van der Waals surface area (Å²) in [6.07, 6.45) is 1.88. The van der Waals surface area contributed by atoms with Crippen molar-refractivity contribution >= 4 is 46.0 Å². The summed E-state index contributed by atoms with van der Waals surface area (Å²) in [5, 5.41) is 17.6. The maximum Gasteiger partial charge on any atom is 0.277 e. The zero-order valence-electron chi connectivity index (χ0n) is 17.5. The van der Waals surface area contributed by atoms with Crippen molar-refractivity contribution in [3.8, 4) is 6.07 Å². The lowest BCUT2D eigenvalue weighted by Crippen LogP contribution is -2.30. The summed E-state index contributed by atoms with van der Waals surface area (Å²) in [7, 11) is 0. The fourth-order valence-electron chi connectivity index (χ4n) is 2.49. The van der Waals surface area contributed by atoms with Crippen LogP contribution in [0.4, 0.5) is 11.4 Å². The smallest absolute Gasteiger partial charge is 0.277 e. The lowest BCUT2D eigenvalue weighted by atomic mass is 10.2. The summed E-state index contributed by atoms with van der Waals surface area (Å²) in [4.78, 5) is 36.1. The number of nitrogens with zero attached hydrogens (tertiary/aromatic N) is 2. The Hall–Kier alpha value is -3.82. The molecule has 0 spiro atoms. The van der Waals surface area contributed by atoms with Gasteiger partial charge in [0.15, 0.2) is 5.57 Å². The van der Waals surface area contributed by atoms with E-state index in [1.54, 1.807) is 39.0 Å². The summed E-state index contributed by atoms with van der Waals surface area (Å²) < 4.78 is 2.11. The standard InChI is InChI=1S/C22H23N5O3S/c1-4-19(28)26-17-9-7-8-16(13-17)25-11-10-18-22(30)27(6-3)20(31-18)12-15(14-23)21(29)24-5-2/h7-9,11,13,25H,4-6H2,1-3H3,(H,24,29)(H,26,28). The number of amides is 2. The topological polar surface area (TPSA) is 116 Å². The Labute approximate surface area is 183 Å². The van der Waals surface area contributed by atoms with E-state index in [0.29, 0.717) is 40.1 Å². The molecule has 2 amide bonds. The van der Waals surface area contributed by atoms with E-state index in [1.807, 2.05) is 12.1 Å². The summed E-state index contributed by atoms with van der Waals surface area (Å²) in [6.45, 7) is 6.06. The molecule has 0 fully saturated rings. The first kappa shape index (κ1) is 23.5. The maximum absolute atomic E-state index is 12.6.